The Kier molecular flexibility index (Phi) is 6.19. The van der Waals surface area contributed by atoms with Crippen LogP contribution in [0.5, 0.6) is 17.2 Å². The van der Waals surface area contributed by atoms with Gasteiger partial charge in [-0.25, -0.2) is 0 Å². The van der Waals surface area contributed by atoms with Crippen LogP contribution < -0.4 is 13.9 Å². The highest BCUT2D eigenvalue weighted by atomic mass is 28.4. The van der Waals surface area contributed by atoms with Crippen molar-refractivity contribution in [1.29, 1.82) is 0 Å². The van der Waals surface area contributed by atoms with E-state index in [1.54, 1.807) is 14.2 Å². The highest BCUT2D eigenvalue weighted by Gasteiger charge is 2.38. The van der Waals surface area contributed by atoms with Gasteiger partial charge in [-0.2, -0.15) is 0 Å². The summed E-state index contributed by atoms with van der Waals surface area (Å²) in [6, 6.07) is 14.1. The summed E-state index contributed by atoms with van der Waals surface area (Å²) in [6.07, 6.45) is 4.12. The monoisotopic (exact) mass is 370 g/mol. The standard InChI is InChI=1S/C22H30O3Si/c1-22(2,3)26(6,7)25-19-12-10-17(11-13-19)8-9-18-14-20(23-4)16-21(15-18)24-5/h8-16H,1-7H3/b9-8-. The van der Waals surface area contributed by atoms with E-state index in [1.165, 1.54) is 0 Å². The SMILES string of the molecule is COc1cc(/C=C\c2ccc(O[Si](C)(C)C(C)(C)C)cc2)cc(OC)c1. The number of hydrogen-bond donors (Lipinski definition) is 0. The second-order valence-corrected chi connectivity index (χ2v) is 12.6. The van der Waals surface area contributed by atoms with Crippen LogP contribution in [0.3, 0.4) is 0 Å². The summed E-state index contributed by atoms with van der Waals surface area (Å²) in [7, 11) is 1.51. The van der Waals surface area contributed by atoms with Crippen LogP contribution in [-0.4, -0.2) is 22.5 Å². The molecule has 0 N–H and O–H groups in total. The predicted molar refractivity (Wildman–Crippen MR) is 113 cm³/mol. The van der Waals surface area contributed by atoms with E-state index in [0.717, 1.165) is 28.4 Å². The van der Waals surface area contributed by atoms with Crippen molar-refractivity contribution in [3.8, 4) is 17.2 Å². The highest BCUT2D eigenvalue weighted by molar-refractivity contribution is 6.74. The molecule has 2 rings (SSSR count). The molecule has 0 aliphatic heterocycles. The van der Waals surface area contributed by atoms with E-state index in [4.69, 9.17) is 13.9 Å². The molecule has 0 spiro atoms. The van der Waals surface area contributed by atoms with Crippen molar-refractivity contribution in [2.75, 3.05) is 14.2 Å². The third kappa shape index (κ3) is 5.15. The Morgan fingerprint density at radius 2 is 1.23 bits per heavy atom. The molecule has 0 aromatic heterocycles. The summed E-state index contributed by atoms with van der Waals surface area (Å²) in [5.74, 6) is 2.50. The molecule has 4 heteroatoms. The molecule has 0 saturated carbocycles. The van der Waals surface area contributed by atoms with Crippen molar-refractivity contribution >= 4 is 20.5 Å². The van der Waals surface area contributed by atoms with E-state index in [2.05, 4.69) is 58.2 Å². The van der Waals surface area contributed by atoms with E-state index in [9.17, 15) is 0 Å². The van der Waals surface area contributed by atoms with E-state index in [-0.39, 0.29) is 5.04 Å². The molecule has 0 fully saturated rings. The normalized spacial score (nSPS) is 12.3. The first-order chi connectivity index (χ1) is 12.1. The Balaban J connectivity index is 2.13. The summed E-state index contributed by atoms with van der Waals surface area (Å²) < 4.78 is 17.0. The second-order valence-electron chi connectivity index (χ2n) is 7.91. The molecule has 0 aliphatic carbocycles. The van der Waals surface area contributed by atoms with E-state index >= 15 is 0 Å². The van der Waals surface area contributed by atoms with E-state index in [1.807, 2.05) is 30.3 Å². The van der Waals surface area contributed by atoms with Crippen LogP contribution in [0.4, 0.5) is 0 Å². The van der Waals surface area contributed by atoms with Crippen molar-refractivity contribution in [2.45, 2.75) is 38.9 Å². The molecule has 3 nitrogen and oxygen atoms in total. The fourth-order valence-electron chi connectivity index (χ4n) is 2.21. The molecule has 0 unspecified atom stereocenters. The molecular weight excluding hydrogens is 340 g/mol. The lowest BCUT2D eigenvalue weighted by Crippen LogP contribution is -2.43. The molecule has 0 aliphatic rings. The average Bonchev–Trinajstić information content (AvgIpc) is 2.59. The maximum atomic E-state index is 6.33. The van der Waals surface area contributed by atoms with Gasteiger partial charge < -0.3 is 13.9 Å². The molecule has 0 atom stereocenters. The highest BCUT2D eigenvalue weighted by Crippen LogP contribution is 2.37. The zero-order chi connectivity index (χ0) is 19.4. The van der Waals surface area contributed by atoms with Gasteiger partial charge in [0.2, 0.25) is 8.32 Å². The van der Waals surface area contributed by atoms with E-state index < -0.39 is 8.32 Å². The molecule has 2 aromatic rings. The van der Waals surface area contributed by atoms with Crippen LogP contribution in [0.2, 0.25) is 18.1 Å². The van der Waals surface area contributed by atoms with Crippen LogP contribution in [0.15, 0.2) is 42.5 Å². The van der Waals surface area contributed by atoms with Crippen LogP contribution in [-0.2, 0) is 0 Å². The molecule has 0 amide bonds. The van der Waals surface area contributed by atoms with Crippen molar-refractivity contribution < 1.29 is 13.9 Å². The van der Waals surface area contributed by atoms with Crippen molar-refractivity contribution in [3.05, 3.63) is 53.6 Å². The lowest BCUT2D eigenvalue weighted by atomic mass is 10.1. The predicted octanol–water partition coefficient (Wildman–Crippen LogP) is 6.26. The molecular formula is C22H30O3Si. The lowest BCUT2D eigenvalue weighted by molar-refractivity contribution is 0.394. The first-order valence-corrected chi connectivity index (χ1v) is 11.8. The molecule has 140 valence electrons. The summed E-state index contributed by atoms with van der Waals surface area (Å²) in [5.41, 5.74) is 2.15. The minimum atomic E-state index is -1.80. The maximum Gasteiger partial charge on any atom is 0.250 e. The summed E-state index contributed by atoms with van der Waals surface area (Å²) in [4.78, 5) is 0. The molecule has 0 saturated heterocycles. The third-order valence-corrected chi connectivity index (χ3v) is 9.26. The summed E-state index contributed by atoms with van der Waals surface area (Å²) in [5, 5.41) is 0.191. The summed E-state index contributed by atoms with van der Waals surface area (Å²) in [6.45, 7) is 11.3. The van der Waals surface area contributed by atoms with Crippen LogP contribution in [0.1, 0.15) is 31.9 Å². The summed E-state index contributed by atoms with van der Waals surface area (Å²) >= 11 is 0. The van der Waals surface area contributed by atoms with Crippen LogP contribution in [0.25, 0.3) is 12.2 Å². The third-order valence-electron chi connectivity index (χ3n) is 4.90. The first kappa shape index (κ1) is 20.1. The molecule has 0 heterocycles. The zero-order valence-electron chi connectivity index (χ0n) is 16.9. The van der Waals surface area contributed by atoms with Gasteiger partial charge in [0.25, 0.3) is 0 Å². The first-order valence-electron chi connectivity index (χ1n) is 8.85. The van der Waals surface area contributed by atoms with Gasteiger partial charge >= 0.3 is 0 Å². The Morgan fingerprint density at radius 3 is 1.69 bits per heavy atom. The topological polar surface area (TPSA) is 27.7 Å². The fourth-order valence-corrected chi connectivity index (χ4v) is 3.24. The molecule has 2 aromatic carbocycles. The maximum absolute atomic E-state index is 6.33. The largest absolute Gasteiger partial charge is 0.544 e. The number of methoxy groups -OCH3 is 2. The van der Waals surface area contributed by atoms with Gasteiger partial charge in [0.15, 0.2) is 0 Å². The Morgan fingerprint density at radius 1 is 0.731 bits per heavy atom. The van der Waals surface area contributed by atoms with Crippen LogP contribution >= 0.6 is 0 Å². The number of rotatable bonds is 6. The molecule has 0 radical (unpaired) electrons. The molecule has 26 heavy (non-hydrogen) atoms. The zero-order valence-corrected chi connectivity index (χ0v) is 17.9. The number of hydrogen-bond acceptors (Lipinski definition) is 3. The van der Waals surface area contributed by atoms with Gasteiger partial charge in [-0.1, -0.05) is 45.1 Å². The second kappa shape index (κ2) is 8.00. The Bertz CT molecular complexity index is 734. The minimum absolute atomic E-state index is 0.191. The quantitative estimate of drug-likeness (QED) is 0.444. The van der Waals surface area contributed by atoms with Crippen molar-refractivity contribution in [2.24, 2.45) is 0 Å². The van der Waals surface area contributed by atoms with Crippen molar-refractivity contribution in [1.82, 2.24) is 0 Å². The average molecular weight is 371 g/mol. The lowest BCUT2D eigenvalue weighted by Gasteiger charge is -2.36. The van der Waals surface area contributed by atoms with Gasteiger partial charge in [-0.3, -0.25) is 0 Å². The van der Waals surface area contributed by atoms with E-state index in [0.29, 0.717) is 0 Å². The van der Waals surface area contributed by atoms with Gasteiger partial charge in [-0.05, 0) is 53.5 Å². The van der Waals surface area contributed by atoms with Crippen molar-refractivity contribution in [3.63, 3.8) is 0 Å². The minimum Gasteiger partial charge on any atom is -0.544 e. The number of ether oxygens (including phenoxy) is 2. The van der Waals surface area contributed by atoms with Gasteiger partial charge in [-0.15, -0.1) is 0 Å². The Hall–Kier alpha value is -2.20. The number of benzene rings is 2. The fraction of sp³-hybridized carbons (Fsp3) is 0.364. The Labute approximate surface area is 158 Å². The smallest absolute Gasteiger partial charge is 0.250 e. The van der Waals surface area contributed by atoms with Gasteiger partial charge in [0.05, 0.1) is 14.2 Å². The van der Waals surface area contributed by atoms with Crippen LogP contribution in [0, 0.1) is 0 Å². The molecule has 0 bridgehead atoms. The van der Waals surface area contributed by atoms with Gasteiger partial charge in [0.1, 0.15) is 17.2 Å². The van der Waals surface area contributed by atoms with Gasteiger partial charge in [0, 0.05) is 6.07 Å².